The zero-order chi connectivity index (χ0) is 92.4. The fourth-order valence-electron chi connectivity index (χ4n) is 22.8. The summed E-state index contributed by atoms with van der Waals surface area (Å²) in [6, 6.07) is 169. The third kappa shape index (κ3) is 12.6. The normalized spacial score (nSPS) is 12.0. The molecule has 10 heteroatoms. The van der Waals surface area contributed by atoms with Crippen LogP contribution in [0.4, 0.5) is 0 Å². The van der Waals surface area contributed by atoms with Gasteiger partial charge >= 0.3 is 0 Å². The predicted octanol–water partition coefficient (Wildman–Crippen LogP) is 33.6. The Labute approximate surface area is 809 Å². The second kappa shape index (κ2) is 31.8. The summed E-state index contributed by atoms with van der Waals surface area (Å²) in [5, 5.41) is 18.6. The van der Waals surface area contributed by atoms with Crippen LogP contribution in [-0.2, 0) is 0 Å². The Morgan fingerprint density at radius 2 is 0.496 bits per heavy atom. The van der Waals surface area contributed by atoms with Gasteiger partial charge in [0.1, 0.15) is 5.69 Å². The summed E-state index contributed by atoms with van der Waals surface area (Å²) in [6.45, 7) is 0. The molecule has 0 fully saturated rings. The first-order valence-electron chi connectivity index (χ1n) is 48.0. The molecule has 141 heavy (non-hydrogen) atoms. The van der Waals surface area contributed by atoms with E-state index in [9.17, 15) is 0 Å². The van der Waals surface area contributed by atoms with E-state index in [4.69, 9.17) is 34.9 Å². The zero-order valence-corrected chi connectivity index (χ0v) is 76.0. The van der Waals surface area contributed by atoms with Gasteiger partial charge in [-0.15, -0.1) is 0 Å². The first kappa shape index (κ1) is 79.4. The number of fused-ring (bicyclic) bond motifs is 12. The zero-order valence-electron chi connectivity index (χ0n) is 76.0. The van der Waals surface area contributed by atoms with Crippen LogP contribution in [0, 0.1) is 0 Å². The van der Waals surface area contributed by atoms with Gasteiger partial charge in [-0.3, -0.25) is 9.13 Å². The van der Waals surface area contributed by atoms with Gasteiger partial charge in [0.2, 0.25) is 5.95 Å². The highest BCUT2D eigenvalue weighted by molar-refractivity contribution is 6.34. The lowest BCUT2D eigenvalue weighted by Crippen LogP contribution is -2.04. The van der Waals surface area contributed by atoms with Crippen LogP contribution < -0.4 is 0 Å². The van der Waals surface area contributed by atoms with Gasteiger partial charge in [0.05, 0.1) is 55.3 Å². The summed E-state index contributed by atoms with van der Waals surface area (Å²) < 4.78 is 7.07. The summed E-state index contributed by atoms with van der Waals surface area (Å²) in [7, 11) is 0. The third-order valence-corrected chi connectivity index (χ3v) is 29.0. The van der Waals surface area contributed by atoms with Gasteiger partial charge in [0.15, 0.2) is 23.3 Å². The monoisotopic (exact) mass is 1790 g/mol. The maximum Gasteiger partial charge on any atom is 0.235 e. The molecule has 6 aromatic heterocycles. The van der Waals surface area contributed by atoms with Crippen molar-refractivity contribution in [2.24, 2.45) is 0 Å². The summed E-state index contributed by atoms with van der Waals surface area (Å²) in [5.74, 6) is 3.46. The van der Waals surface area contributed by atoms with Gasteiger partial charge in [-0.2, -0.15) is 0 Å². The second-order valence-corrected chi connectivity index (χ2v) is 36.8. The molecule has 0 saturated carbocycles. The molecule has 652 valence electrons. The molecular weight excluding hydrogens is 1710 g/mol. The van der Waals surface area contributed by atoms with E-state index in [0.717, 1.165) is 100 Å². The van der Waals surface area contributed by atoms with Crippen molar-refractivity contribution in [3.63, 3.8) is 0 Å². The number of aromatic nitrogens is 10. The molecule has 0 unspecified atom stereocenters. The molecule has 0 bridgehead atoms. The number of rotatable bonds is 10. The summed E-state index contributed by atoms with van der Waals surface area (Å²) >= 11 is 0. The van der Waals surface area contributed by atoms with Crippen LogP contribution in [-0.4, -0.2) is 48.6 Å². The van der Waals surface area contributed by atoms with Gasteiger partial charge in [-0.05, 0) is 229 Å². The van der Waals surface area contributed by atoms with E-state index in [1.54, 1.807) is 0 Å². The Balaban J connectivity index is 0.000000102. The molecule has 10 nitrogen and oxygen atoms in total. The Hall–Kier alpha value is -19.0. The molecule has 0 spiro atoms. The summed E-state index contributed by atoms with van der Waals surface area (Å²) in [4.78, 5) is 36.3. The van der Waals surface area contributed by atoms with Crippen LogP contribution in [0.25, 0.3) is 294 Å². The SMILES string of the molecule is c1ccc(-c2cc3c4c5c6c(cccc6ccc5n(-c5nc(-c6ccccc6)c6ccccc6n5)c4c2)-c2ccccc2-3)cc1.c1ccc(-c2cc3c4c5c6c(cccc6ccc5n(-c5nc6ccccc6nc5-c5ccccc5)c4c2)-c2ccccc2-3)cc1.c1ccc(-c2nc(-c3ccc(-n4c5cccc6c5c5c7c(cccc7ccc54)-c4ccccc4-6)cc3)nc(-c3ccc4ccccc4c3)n2)cc1. The minimum atomic E-state index is 0.643. The van der Waals surface area contributed by atoms with Crippen molar-refractivity contribution in [1.29, 1.82) is 0 Å². The van der Waals surface area contributed by atoms with Gasteiger partial charge in [0, 0.05) is 71.2 Å². The first-order chi connectivity index (χ1) is 69.9. The van der Waals surface area contributed by atoms with Crippen molar-refractivity contribution in [3.8, 4) is 163 Å². The topological polar surface area (TPSA) is 105 Å². The maximum absolute atomic E-state index is 5.39. The highest BCUT2D eigenvalue weighted by atomic mass is 15.2. The molecule has 0 radical (unpaired) electrons. The molecule has 6 heterocycles. The summed E-state index contributed by atoms with van der Waals surface area (Å²) in [6.07, 6.45) is 0. The fourth-order valence-corrected chi connectivity index (χ4v) is 22.8. The van der Waals surface area contributed by atoms with Crippen molar-refractivity contribution >= 4 is 130 Å². The Morgan fingerprint density at radius 3 is 1.01 bits per heavy atom. The van der Waals surface area contributed by atoms with E-state index in [1.165, 1.54) is 170 Å². The molecule has 3 aliphatic carbocycles. The minimum absolute atomic E-state index is 0.643. The van der Waals surface area contributed by atoms with Gasteiger partial charge in [0.25, 0.3) is 0 Å². The molecule has 31 rings (SSSR count). The predicted molar refractivity (Wildman–Crippen MR) is 583 cm³/mol. The molecular formula is C131H78N10. The van der Waals surface area contributed by atoms with Crippen LogP contribution in [0.2, 0.25) is 0 Å². The first-order valence-corrected chi connectivity index (χ1v) is 48.0. The van der Waals surface area contributed by atoms with Crippen LogP contribution in [0.5, 0.6) is 0 Å². The van der Waals surface area contributed by atoms with Gasteiger partial charge < -0.3 is 4.57 Å². The lowest BCUT2D eigenvalue weighted by atomic mass is 9.92. The second-order valence-electron chi connectivity index (χ2n) is 36.8. The van der Waals surface area contributed by atoms with E-state index >= 15 is 0 Å². The summed E-state index contributed by atoms with van der Waals surface area (Å²) in [5.41, 5.74) is 37.2. The fraction of sp³-hybridized carbons (Fsp3) is 0. The van der Waals surface area contributed by atoms with E-state index < -0.39 is 0 Å². The maximum atomic E-state index is 5.39. The molecule has 0 aliphatic heterocycles. The van der Waals surface area contributed by atoms with Crippen molar-refractivity contribution in [2.75, 3.05) is 0 Å². The third-order valence-electron chi connectivity index (χ3n) is 29.0. The van der Waals surface area contributed by atoms with Crippen LogP contribution in [0.15, 0.2) is 473 Å². The van der Waals surface area contributed by atoms with E-state index in [-0.39, 0.29) is 0 Å². The standard InChI is InChI=1S/C47H28N4.2C42H25N3/c1-2-11-31(12-3-1)45-48-46(50-47(49-45)34-21-20-29-10-4-5-13-33(29)28-34)32-22-25-35(26-23-32)51-40-19-9-18-39-37-16-7-6-15-36(37)38-17-8-14-30-24-27-41(51)44(42(30)38)43(39)40;1-3-12-26(13-4-1)29-24-33-31-18-8-7-17-30(31)32-19-11-16-27-22-23-36-40(38(27)32)39(33)37(25-29)45(36)42-41(28-14-5-2-6-15-28)43-34-20-9-10-21-35(34)44-42;1-3-12-26(13-4-1)29-24-34-31-18-8-7-17-30(31)32-20-11-16-27-22-23-36-40(38(27)32)39(34)37(25-29)45(36)42-43-35-21-10-9-19-33(35)41(44-42)28-14-5-2-6-15-28/h1-28H;2*1-25H. The van der Waals surface area contributed by atoms with Crippen LogP contribution in [0.1, 0.15) is 0 Å². The Bertz CT molecular complexity index is 10100. The Kier molecular flexibility index (Phi) is 17.9. The molecule has 0 amide bonds. The van der Waals surface area contributed by atoms with Gasteiger partial charge in [-0.25, -0.2) is 34.9 Å². The molecule has 0 N–H and O–H groups in total. The number of hydrogen-bond acceptors (Lipinski definition) is 7. The van der Waals surface area contributed by atoms with Crippen molar-refractivity contribution in [3.05, 3.63) is 473 Å². The number of para-hydroxylation sites is 3. The molecule has 0 saturated heterocycles. The lowest BCUT2D eigenvalue weighted by molar-refractivity contribution is 1.01. The smallest absolute Gasteiger partial charge is 0.235 e. The quantitative estimate of drug-likeness (QED) is 0.134. The molecule has 3 aliphatic rings. The lowest BCUT2D eigenvalue weighted by Gasteiger charge is -2.16. The molecule has 22 aromatic carbocycles. The van der Waals surface area contributed by atoms with E-state index in [1.807, 2.05) is 60.7 Å². The van der Waals surface area contributed by atoms with Crippen molar-refractivity contribution < 1.29 is 0 Å². The number of hydrogen-bond donors (Lipinski definition) is 0. The van der Waals surface area contributed by atoms with E-state index in [2.05, 4.69) is 426 Å². The van der Waals surface area contributed by atoms with Crippen molar-refractivity contribution in [2.45, 2.75) is 0 Å². The largest absolute Gasteiger partial charge is 0.309 e. The highest BCUT2D eigenvalue weighted by Crippen LogP contribution is 2.56. The van der Waals surface area contributed by atoms with Crippen LogP contribution >= 0.6 is 0 Å². The van der Waals surface area contributed by atoms with Crippen LogP contribution in [0.3, 0.4) is 0 Å². The number of nitrogens with zero attached hydrogens (tertiary/aromatic N) is 10. The van der Waals surface area contributed by atoms with Gasteiger partial charge in [-0.1, -0.05) is 376 Å². The number of benzene rings is 22. The highest BCUT2D eigenvalue weighted by Gasteiger charge is 2.33. The Morgan fingerprint density at radius 1 is 0.149 bits per heavy atom. The molecule has 0 atom stereocenters. The average molecular weight is 1790 g/mol. The van der Waals surface area contributed by atoms with E-state index in [0.29, 0.717) is 23.4 Å². The average Bonchev–Trinajstić information content (AvgIpc) is 1.57. The molecule has 28 aromatic rings. The minimum Gasteiger partial charge on any atom is -0.309 e. The van der Waals surface area contributed by atoms with Crippen molar-refractivity contribution in [1.82, 2.24) is 48.6 Å².